The average molecular weight is 252 g/mol. The molecule has 98 valence electrons. The summed E-state index contributed by atoms with van der Waals surface area (Å²) in [4.78, 5) is 11.1. The van der Waals surface area contributed by atoms with Crippen LogP contribution in [0, 0.1) is 5.92 Å². The van der Waals surface area contributed by atoms with Gasteiger partial charge < -0.3 is 14.6 Å². The van der Waals surface area contributed by atoms with Gasteiger partial charge in [-0.25, -0.2) is 5.43 Å². The number of carbonyl (C=O) groups is 1. The molecule has 2 unspecified atom stereocenters. The Morgan fingerprint density at radius 1 is 1.33 bits per heavy atom. The van der Waals surface area contributed by atoms with Crippen LogP contribution in [0.1, 0.15) is 11.6 Å². The predicted octanol–water partition coefficient (Wildman–Crippen LogP) is 0.553. The molecule has 0 radical (unpaired) electrons. The molecule has 0 saturated carbocycles. The molecule has 2 rings (SSSR count). The van der Waals surface area contributed by atoms with E-state index in [1.165, 1.54) is 0 Å². The molecule has 0 spiro atoms. The highest BCUT2D eigenvalue weighted by Gasteiger charge is 2.34. The van der Waals surface area contributed by atoms with Crippen LogP contribution in [0.2, 0.25) is 0 Å². The maximum atomic E-state index is 11.1. The molecule has 1 heterocycles. The first-order chi connectivity index (χ1) is 8.67. The molecule has 1 aromatic carbocycles. The molecule has 1 fully saturated rings. The Morgan fingerprint density at radius 3 is 2.67 bits per heavy atom. The number of methoxy groups -OCH3 is 2. The van der Waals surface area contributed by atoms with Gasteiger partial charge in [-0.15, -0.1) is 0 Å². The minimum Gasteiger partial charge on any atom is -0.493 e. The Balaban J connectivity index is 2.30. The molecule has 1 aliphatic heterocycles. The van der Waals surface area contributed by atoms with Crippen LogP contribution < -0.4 is 20.3 Å². The minimum atomic E-state index is -0.827. The SMILES string of the molecule is COc1ccc(C2NNCC2C(=O)O)cc1OC. The molecule has 1 aromatic rings. The molecule has 2 atom stereocenters. The number of carboxylic acid groups (broad SMARTS) is 1. The number of rotatable bonds is 4. The molecular formula is C12H16N2O4. The summed E-state index contributed by atoms with van der Waals surface area (Å²) in [5.74, 6) is -0.109. The predicted molar refractivity (Wildman–Crippen MR) is 64.6 cm³/mol. The van der Waals surface area contributed by atoms with E-state index in [2.05, 4.69) is 10.9 Å². The summed E-state index contributed by atoms with van der Waals surface area (Å²) in [7, 11) is 3.11. The monoisotopic (exact) mass is 252 g/mol. The van der Waals surface area contributed by atoms with Crippen molar-refractivity contribution in [1.82, 2.24) is 10.9 Å². The Kier molecular flexibility index (Phi) is 3.69. The number of carboxylic acids is 1. The Labute approximate surface area is 105 Å². The zero-order chi connectivity index (χ0) is 13.1. The van der Waals surface area contributed by atoms with Gasteiger partial charge in [0.05, 0.1) is 26.2 Å². The quantitative estimate of drug-likeness (QED) is 0.726. The summed E-state index contributed by atoms with van der Waals surface area (Å²) in [6, 6.07) is 5.12. The van der Waals surface area contributed by atoms with E-state index in [-0.39, 0.29) is 6.04 Å². The van der Waals surface area contributed by atoms with E-state index in [0.29, 0.717) is 18.0 Å². The molecule has 18 heavy (non-hydrogen) atoms. The molecular weight excluding hydrogens is 236 g/mol. The van der Waals surface area contributed by atoms with Crippen molar-refractivity contribution in [1.29, 1.82) is 0 Å². The first-order valence-corrected chi connectivity index (χ1v) is 5.60. The van der Waals surface area contributed by atoms with Crippen molar-refractivity contribution in [2.75, 3.05) is 20.8 Å². The maximum absolute atomic E-state index is 11.1. The van der Waals surface area contributed by atoms with Crippen LogP contribution in [0.25, 0.3) is 0 Å². The highest BCUT2D eigenvalue weighted by molar-refractivity contribution is 5.72. The molecule has 0 aromatic heterocycles. The number of ether oxygens (including phenoxy) is 2. The van der Waals surface area contributed by atoms with Crippen molar-refractivity contribution < 1.29 is 19.4 Å². The van der Waals surface area contributed by atoms with Gasteiger partial charge in [0.15, 0.2) is 11.5 Å². The van der Waals surface area contributed by atoms with E-state index in [4.69, 9.17) is 14.6 Å². The van der Waals surface area contributed by atoms with E-state index < -0.39 is 11.9 Å². The highest BCUT2D eigenvalue weighted by Crippen LogP contribution is 2.33. The van der Waals surface area contributed by atoms with E-state index in [9.17, 15) is 4.79 Å². The van der Waals surface area contributed by atoms with Crippen molar-refractivity contribution in [3.63, 3.8) is 0 Å². The number of hydrazine groups is 1. The number of aliphatic carboxylic acids is 1. The van der Waals surface area contributed by atoms with Crippen LogP contribution in [0.4, 0.5) is 0 Å². The highest BCUT2D eigenvalue weighted by atomic mass is 16.5. The fraction of sp³-hybridized carbons (Fsp3) is 0.417. The minimum absolute atomic E-state index is 0.276. The van der Waals surface area contributed by atoms with Crippen LogP contribution >= 0.6 is 0 Å². The zero-order valence-electron chi connectivity index (χ0n) is 10.3. The first kappa shape index (κ1) is 12.7. The third-order valence-corrected chi connectivity index (χ3v) is 3.07. The summed E-state index contributed by atoms with van der Waals surface area (Å²) in [6.45, 7) is 0.397. The zero-order valence-corrected chi connectivity index (χ0v) is 10.3. The van der Waals surface area contributed by atoms with Gasteiger partial charge in [-0.2, -0.15) is 0 Å². The Bertz CT molecular complexity index is 450. The van der Waals surface area contributed by atoms with Crippen molar-refractivity contribution in [3.05, 3.63) is 23.8 Å². The topological polar surface area (TPSA) is 79.8 Å². The van der Waals surface area contributed by atoms with Gasteiger partial charge in [0.25, 0.3) is 0 Å². The van der Waals surface area contributed by atoms with E-state index in [1.54, 1.807) is 26.4 Å². The van der Waals surface area contributed by atoms with Crippen LogP contribution in [0.15, 0.2) is 18.2 Å². The molecule has 0 aliphatic carbocycles. The Hall–Kier alpha value is -1.79. The largest absolute Gasteiger partial charge is 0.493 e. The van der Waals surface area contributed by atoms with E-state index in [0.717, 1.165) is 5.56 Å². The number of hydrogen-bond acceptors (Lipinski definition) is 5. The first-order valence-electron chi connectivity index (χ1n) is 5.60. The number of nitrogens with one attached hydrogen (secondary N) is 2. The number of hydrogen-bond donors (Lipinski definition) is 3. The molecule has 1 aliphatic rings. The summed E-state index contributed by atoms with van der Waals surface area (Å²) in [5.41, 5.74) is 6.68. The third kappa shape index (κ3) is 2.25. The molecule has 6 heteroatoms. The lowest BCUT2D eigenvalue weighted by Gasteiger charge is -2.17. The van der Waals surface area contributed by atoms with Gasteiger partial charge >= 0.3 is 5.97 Å². The standard InChI is InChI=1S/C12H16N2O4/c1-17-9-4-3-7(5-10(9)18-2)11-8(12(15)16)6-13-14-11/h3-5,8,11,13-14H,6H2,1-2H3,(H,15,16). The molecule has 0 amide bonds. The lowest BCUT2D eigenvalue weighted by atomic mass is 9.95. The fourth-order valence-corrected chi connectivity index (χ4v) is 2.09. The summed E-state index contributed by atoms with van der Waals surface area (Å²) in [6.07, 6.45) is 0. The smallest absolute Gasteiger partial charge is 0.309 e. The van der Waals surface area contributed by atoms with Crippen LogP contribution in [0.3, 0.4) is 0 Å². The van der Waals surface area contributed by atoms with E-state index >= 15 is 0 Å². The second-order valence-electron chi connectivity index (χ2n) is 4.06. The third-order valence-electron chi connectivity index (χ3n) is 3.07. The average Bonchev–Trinajstić information content (AvgIpc) is 2.87. The second kappa shape index (κ2) is 5.24. The van der Waals surface area contributed by atoms with Crippen molar-refractivity contribution in [2.24, 2.45) is 5.92 Å². The van der Waals surface area contributed by atoms with Crippen LogP contribution in [0.5, 0.6) is 11.5 Å². The molecule has 1 saturated heterocycles. The lowest BCUT2D eigenvalue weighted by Crippen LogP contribution is -2.26. The fourth-order valence-electron chi connectivity index (χ4n) is 2.09. The van der Waals surface area contributed by atoms with Crippen LogP contribution in [-0.2, 0) is 4.79 Å². The molecule has 6 nitrogen and oxygen atoms in total. The van der Waals surface area contributed by atoms with Crippen molar-refractivity contribution >= 4 is 5.97 Å². The van der Waals surface area contributed by atoms with Gasteiger partial charge in [-0.1, -0.05) is 6.07 Å². The summed E-state index contributed by atoms with van der Waals surface area (Å²) < 4.78 is 10.4. The van der Waals surface area contributed by atoms with Gasteiger partial charge in [0.1, 0.15) is 0 Å². The maximum Gasteiger partial charge on any atom is 0.309 e. The second-order valence-corrected chi connectivity index (χ2v) is 4.06. The van der Waals surface area contributed by atoms with Gasteiger partial charge in [0, 0.05) is 6.54 Å². The molecule has 3 N–H and O–H groups in total. The van der Waals surface area contributed by atoms with Gasteiger partial charge in [-0.05, 0) is 17.7 Å². The van der Waals surface area contributed by atoms with Gasteiger partial charge in [-0.3, -0.25) is 10.2 Å². The van der Waals surface area contributed by atoms with Crippen molar-refractivity contribution in [2.45, 2.75) is 6.04 Å². The van der Waals surface area contributed by atoms with Gasteiger partial charge in [0.2, 0.25) is 0 Å². The van der Waals surface area contributed by atoms with Crippen molar-refractivity contribution in [3.8, 4) is 11.5 Å². The molecule has 0 bridgehead atoms. The Morgan fingerprint density at radius 2 is 2.06 bits per heavy atom. The number of benzene rings is 1. The lowest BCUT2D eigenvalue weighted by molar-refractivity contribution is -0.141. The normalized spacial score (nSPS) is 22.8. The van der Waals surface area contributed by atoms with Crippen LogP contribution in [-0.4, -0.2) is 31.8 Å². The van der Waals surface area contributed by atoms with E-state index in [1.807, 2.05) is 6.07 Å². The summed E-state index contributed by atoms with van der Waals surface area (Å²) >= 11 is 0. The summed E-state index contributed by atoms with van der Waals surface area (Å²) in [5, 5.41) is 9.14.